The number of primary amides is 1. The van der Waals surface area contributed by atoms with E-state index in [1.165, 1.54) is 16.4 Å². The van der Waals surface area contributed by atoms with Gasteiger partial charge < -0.3 is 10.5 Å². The second-order valence-electron chi connectivity index (χ2n) is 6.75. The first-order valence-corrected chi connectivity index (χ1v) is 11.2. The molecule has 7 nitrogen and oxygen atoms in total. The van der Waals surface area contributed by atoms with Crippen molar-refractivity contribution < 1.29 is 22.7 Å². The molecule has 1 aliphatic heterocycles. The summed E-state index contributed by atoms with van der Waals surface area (Å²) in [7, 11) is -3.70. The van der Waals surface area contributed by atoms with Crippen molar-refractivity contribution in [1.29, 1.82) is 0 Å². The van der Waals surface area contributed by atoms with Crippen LogP contribution in [0.15, 0.2) is 16.3 Å². The van der Waals surface area contributed by atoms with E-state index < -0.39 is 33.4 Å². The van der Waals surface area contributed by atoms with Crippen molar-refractivity contribution in [2.24, 2.45) is 11.7 Å². The van der Waals surface area contributed by atoms with E-state index in [1.54, 1.807) is 0 Å². The maximum Gasteiger partial charge on any atom is 0.311 e. The van der Waals surface area contributed by atoms with Gasteiger partial charge in [-0.15, -0.1) is 11.3 Å². The Hall–Kier alpha value is -1.16. The highest BCUT2D eigenvalue weighted by Crippen LogP contribution is 2.35. The fraction of sp³-hybridized carbons (Fsp3) is 0.625. The van der Waals surface area contributed by atoms with Crippen molar-refractivity contribution in [3.63, 3.8) is 0 Å². The predicted octanol–water partition coefficient (Wildman–Crippen LogP) is 2.14. The van der Waals surface area contributed by atoms with Crippen LogP contribution in [0.25, 0.3) is 0 Å². The molecule has 2 aliphatic rings. The number of hydrogen-bond donors (Lipinski definition) is 1. The van der Waals surface area contributed by atoms with Crippen molar-refractivity contribution in [1.82, 2.24) is 4.31 Å². The number of thiophene rings is 1. The number of hydrogen-bond acceptors (Lipinski definition) is 6. The summed E-state index contributed by atoms with van der Waals surface area (Å²) >= 11 is 6.83. The van der Waals surface area contributed by atoms with Gasteiger partial charge in [-0.2, -0.15) is 4.31 Å². The molecular formula is C16H21ClN2O5S2. The molecule has 1 unspecified atom stereocenters. The van der Waals surface area contributed by atoms with E-state index in [4.69, 9.17) is 22.1 Å². The Labute approximate surface area is 161 Å². The average Bonchev–Trinajstić information content (AvgIpc) is 3.25. The lowest BCUT2D eigenvalue weighted by atomic mass is 9.97. The third kappa shape index (κ3) is 3.76. The molecule has 1 amide bonds. The van der Waals surface area contributed by atoms with E-state index >= 15 is 0 Å². The van der Waals surface area contributed by atoms with Gasteiger partial charge in [-0.25, -0.2) is 8.42 Å². The molecule has 0 spiro atoms. The number of sulfonamides is 1. The Morgan fingerprint density at radius 1 is 1.27 bits per heavy atom. The minimum atomic E-state index is -3.70. The quantitative estimate of drug-likeness (QED) is 0.734. The second kappa shape index (κ2) is 7.46. The number of amides is 1. The fourth-order valence-electron chi connectivity index (χ4n) is 3.54. The Morgan fingerprint density at radius 3 is 2.54 bits per heavy atom. The fourth-order valence-corrected chi connectivity index (χ4v) is 6.70. The summed E-state index contributed by atoms with van der Waals surface area (Å²) in [5, 5.41) is 0. The van der Waals surface area contributed by atoms with Crippen molar-refractivity contribution >= 4 is 44.8 Å². The molecule has 2 fully saturated rings. The van der Waals surface area contributed by atoms with E-state index in [1.807, 2.05) is 0 Å². The van der Waals surface area contributed by atoms with Crippen LogP contribution in [0, 0.1) is 5.92 Å². The van der Waals surface area contributed by atoms with Gasteiger partial charge >= 0.3 is 5.97 Å². The summed E-state index contributed by atoms with van der Waals surface area (Å²) in [6.07, 6.45) is 3.47. The molecule has 0 radical (unpaired) electrons. The SMILES string of the molecule is NC(=O)C1(OC(=O)C2CCCN(S(=O)(=O)c3ccc(Cl)s3)C2)CCCC1. The molecule has 2 heterocycles. The lowest BCUT2D eigenvalue weighted by Gasteiger charge is -2.33. The van der Waals surface area contributed by atoms with Crippen LogP contribution in [0.4, 0.5) is 0 Å². The van der Waals surface area contributed by atoms with Crippen LogP contribution < -0.4 is 5.73 Å². The zero-order valence-corrected chi connectivity index (χ0v) is 16.5. The molecule has 1 aromatic heterocycles. The number of halogens is 1. The number of esters is 1. The van der Waals surface area contributed by atoms with Crippen molar-refractivity contribution in [3.8, 4) is 0 Å². The van der Waals surface area contributed by atoms with Gasteiger partial charge in [0.05, 0.1) is 10.3 Å². The normalized spacial score (nSPS) is 23.7. The first-order chi connectivity index (χ1) is 12.2. The number of rotatable bonds is 5. The molecule has 0 aromatic carbocycles. The first kappa shape index (κ1) is 19.6. The van der Waals surface area contributed by atoms with Gasteiger partial charge in [0.2, 0.25) is 0 Å². The van der Waals surface area contributed by atoms with E-state index in [2.05, 4.69) is 0 Å². The Morgan fingerprint density at radius 2 is 1.96 bits per heavy atom. The molecule has 1 atom stereocenters. The smallest absolute Gasteiger partial charge is 0.311 e. The summed E-state index contributed by atoms with van der Waals surface area (Å²) in [6, 6.07) is 3.00. The molecule has 0 bridgehead atoms. The van der Waals surface area contributed by atoms with Crippen molar-refractivity contribution in [2.45, 2.75) is 48.3 Å². The van der Waals surface area contributed by atoms with Crippen LogP contribution in [0.2, 0.25) is 4.34 Å². The molecule has 1 aromatic rings. The molecular weight excluding hydrogens is 400 g/mol. The van der Waals surface area contributed by atoms with Crippen LogP contribution in [-0.2, 0) is 24.3 Å². The van der Waals surface area contributed by atoms with Crippen LogP contribution in [0.3, 0.4) is 0 Å². The number of nitrogens with zero attached hydrogens (tertiary/aromatic N) is 1. The van der Waals surface area contributed by atoms with E-state index in [0.717, 1.165) is 24.2 Å². The standard InChI is InChI=1S/C16H21ClN2O5S2/c17-12-5-6-13(25-12)26(22,23)19-9-3-4-11(10-19)14(20)24-16(15(18)21)7-1-2-8-16/h5-6,11H,1-4,7-10H2,(H2,18,21). The molecule has 10 heteroatoms. The number of piperidine rings is 1. The molecule has 26 heavy (non-hydrogen) atoms. The summed E-state index contributed by atoms with van der Waals surface area (Å²) in [5.41, 5.74) is 4.22. The third-order valence-corrected chi connectivity index (χ3v) is 8.58. The molecule has 144 valence electrons. The molecule has 1 saturated carbocycles. The highest BCUT2D eigenvalue weighted by Gasteiger charge is 2.45. The number of ether oxygens (including phenoxy) is 1. The van der Waals surface area contributed by atoms with E-state index in [0.29, 0.717) is 36.6 Å². The number of nitrogens with two attached hydrogens (primary N) is 1. The third-order valence-electron chi connectivity index (χ3n) is 5.02. The highest BCUT2D eigenvalue weighted by molar-refractivity contribution is 7.91. The maximum atomic E-state index is 12.7. The van der Waals surface area contributed by atoms with Crippen LogP contribution in [-0.4, -0.2) is 43.3 Å². The minimum absolute atomic E-state index is 0.0333. The highest BCUT2D eigenvalue weighted by atomic mass is 35.5. The van der Waals surface area contributed by atoms with Crippen LogP contribution in [0.5, 0.6) is 0 Å². The second-order valence-corrected chi connectivity index (χ2v) is 10.6. The number of carbonyl (C=O) groups excluding carboxylic acids is 2. The lowest BCUT2D eigenvalue weighted by Crippen LogP contribution is -2.49. The zero-order chi connectivity index (χ0) is 18.9. The van der Waals surface area contributed by atoms with Gasteiger partial charge in [0.15, 0.2) is 5.60 Å². The summed E-state index contributed by atoms with van der Waals surface area (Å²) in [6.45, 7) is 0.369. The molecule has 1 aliphatic carbocycles. The Kier molecular flexibility index (Phi) is 5.62. The van der Waals surface area contributed by atoms with Crippen LogP contribution >= 0.6 is 22.9 Å². The van der Waals surface area contributed by atoms with Crippen molar-refractivity contribution in [2.75, 3.05) is 13.1 Å². The Bertz CT molecular complexity index is 801. The van der Waals surface area contributed by atoms with Crippen molar-refractivity contribution in [3.05, 3.63) is 16.5 Å². The first-order valence-electron chi connectivity index (χ1n) is 8.53. The van der Waals surface area contributed by atoms with E-state index in [-0.39, 0.29) is 10.8 Å². The summed E-state index contributed by atoms with van der Waals surface area (Å²) in [5.74, 6) is -1.78. The van der Waals surface area contributed by atoms with E-state index in [9.17, 15) is 18.0 Å². The number of carbonyl (C=O) groups is 2. The molecule has 3 rings (SSSR count). The average molecular weight is 421 g/mol. The van der Waals surface area contributed by atoms with Gasteiger partial charge in [0.25, 0.3) is 15.9 Å². The van der Waals surface area contributed by atoms with Gasteiger partial charge in [-0.1, -0.05) is 11.6 Å². The summed E-state index contributed by atoms with van der Waals surface area (Å²) < 4.78 is 32.8. The predicted molar refractivity (Wildman–Crippen MR) is 97.3 cm³/mol. The lowest BCUT2D eigenvalue weighted by molar-refractivity contribution is -0.171. The topological polar surface area (TPSA) is 107 Å². The maximum absolute atomic E-state index is 12.7. The molecule has 1 saturated heterocycles. The zero-order valence-electron chi connectivity index (χ0n) is 14.1. The van der Waals surface area contributed by atoms with Gasteiger partial charge in [-0.3, -0.25) is 9.59 Å². The minimum Gasteiger partial charge on any atom is -0.449 e. The monoisotopic (exact) mass is 420 g/mol. The van der Waals surface area contributed by atoms with Gasteiger partial charge in [0.1, 0.15) is 4.21 Å². The van der Waals surface area contributed by atoms with Gasteiger partial charge in [0, 0.05) is 13.1 Å². The van der Waals surface area contributed by atoms with Crippen LogP contribution in [0.1, 0.15) is 38.5 Å². The molecule has 2 N–H and O–H groups in total. The summed E-state index contributed by atoms with van der Waals surface area (Å²) in [4.78, 5) is 24.4. The largest absolute Gasteiger partial charge is 0.449 e. The van der Waals surface area contributed by atoms with Gasteiger partial charge in [-0.05, 0) is 50.7 Å². The Balaban J connectivity index is 1.72.